The molecule has 2 N–H and O–H groups in total. The van der Waals surface area contributed by atoms with E-state index in [2.05, 4.69) is 43.4 Å². The monoisotopic (exact) mass is 442 g/mol. The predicted molar refractivity (Wildman–Crippen MR) is 125 cm³/mol. The molecule has 3 rings (SSSR count). The summed E-state index contributed by atoms with van der Waals surface area (Å²) < 4.78 is 7.00. The van der Waals surface area contributed by atoms with Gasteiger partial charge in [-0.25, -0.2) is 14.6 Å². The summed E-state index contributed by atoms with van der Waals surface area (Å²) in [6.45, 7) is 10.3. The highest BCUT2D eigenvalue weighted by Gasteiger charge is 2.15. The number of nitrogens with one attached hydrogen (secondary N) is 2. The molecule has 2 heterocycles. The number of hydrogen-bond acceptors (Lipinski definition) is 7. The lowest BCUT2D eigenvalue weighted by Crippen LogP contribution is -2.27. The summed E-state index contributed by atoms with van der Waals surface area (Å²) >= 11 is 1.62. The van der Waals surface area contributed by atoms with Crippen LogP contribution in [0, 0.1) is 5.92 Å². The molecule has 0 saturated carbocycles. The van der Waals surface area contributed by atoms with E-state index in [1.807, 2.05) is 10.7 Å². The summed E-state index contributed by atoms with van der Waals surface area (Å²) in [7, 11) is 1.58. The van der Waals surface area contributed by atoms with Crippen molar-refractivity contribution in [1.82, 2.24) is 25.1 Å². The average Bonchev–Trinajstić information content (AvgIpc) is 3.14. The normalized spacial score (nSPS) is 11.3. The number of carbonyl (C=O) groups is 1. The van der Waals surface area contributed by atoms with Crippen molar-refractivity contribution in [3.63, 3.8) is 0 Å². The number of ether oxygens (including phenoxy) is 1. The molecule has 0 unspecified atom stereocenters. The van der Waals surface area contributed by atoms with Gasteiger partial charge in [-0.15, -0.1) is 0 Å². The van der Waals surface area contributed by atoms with Gasteiger partial charge >= 0.3 is 0 Å². The summed E-state index contributed by atoms with van der Waals surface area (Å²) in [5, 5.41) is 12.8. The van der Waals surface area contributed by atoms with E-state index in [1.165, 1.54) is 0 Å². The molecular weight excluding hydrogens is 412 g/mol. The van der Waals surface area contributed by atoms with Crippen molar-refractivity contribution >= 4 is 34.5 Å². The Hall–Kier alpha value is -2.81. The molecule has 1 amide bonds. The average molecular weight is 443 g/mol. The zero-order chi connectivity index (χ0) is 22.4. The number of hydrogen-bond donors (Lipinski definition) is 2. The van der Waals surface area contributed by atoms with Gasteiger partial charge in [0.1, 0.15) is 11.6 Å². The number of thioether (sulfide) groups is 1. The molecule has 0 aliphatic heterocycles. The van der Waals surface area contributed by atoms with Crippen LogP contribution in [0.4, 0.5) is 5.82 Å². The fourth-order valence-corrected chi connectivity index (χ4v) is 3.64. The van der Waals surface area contributed by atoms with Crippen LogP contribution in [0.15, 0.2) is 35.6 Å². The van der Waals surface area contributed by atoms with Crippen molar-refractivity contribution in [3.8, 4) is 5.75 Å². The zero-order valence-electron chi connectivity index (χ0n) is 18.7. The second kappa shape index (κ2) is 10.5. The Bertz CT molecular complexity index is 1030. The van der Waals surface area contributed by atoms with Crippen LogP contribution in [0.2, 0.25) is 0 Å². The first-order chi connectivity index (χ1) is 14.9. The van der Waals surface area contributed by atoms with Crippen LogP contribution in [0.3, 0.4) is 0 Å². The lowest BCUT2D eigenvalue weighted by Gasteiger charge is -2.12. The molecule has 166 valence electrons. The maximum atomic E-state index is 12.4. The first kappa shape index (κ1) is 22.9. The van der Waals surface area contributed by atoms with Crippen molar-refractivity contribution in [3.05, 3.63) is 36.0 Å². The van der Waals surface area contributed by atoms with Crippen LogP contribution in [0.1, 0.15) is 38.1 Å². The number of carbonyl (C=O) groups excluding carboxylic acids is 1. The van der Waals surface area contributed by atoms with E-state index < -0.39 is 0 Å². The first-order valence-corrected chi connectivity index (χ1v) is 11.3. The fraction of sp³-hybridized carbons (Fsp3) is 0.455. The molecule has 9 heteroatoms. The van der Waals surface area contributed by atoms with Crippen molar-refractivity contribution in [2.75, 3.05) is 25.5 Å². The van der Waals surface area contributed by atoms with Gasteiger partial charge in [0, 0.05) is 23.9 Å². The van der Waals surface area contributed by atoms with Crippen LogP contribution in [0.25, 0.3) is 11.0 Å². The minimum Gasteiger partial charge on any atom is -0.497 e. The number of nitrogens with zero attached hydrogens (tertiary/aromatic N) is 4. The highest BCUT2D eigenvalue weighted by atomic mass is 32.2. The molecule has 1 aromatic carbocycles. The molecule has 0 fully saturated rings. The fourth-order valence-electron chi connectivity index (χ4n) is 2.94. The van der Waals surface area contributed by atoms with Crippen LogP contribution in [-0.2, 0) is 6.54 Å². The topological polar surface area (TPSA) is 94.0 Å². The summed E-state index contributed by atoms with van der Waals surface area (Å²) in [5.41, 5.74) is 1.32. The molecule has 0 aliphatic rings. The van der Waals surface area contributed by atoms with Gasteiger partial charge in [0.05, 0.1) is 25.2 Å². The Morgan fingerprint density at radius 1 is 1.23 bits per heavy atom. The Kier molecular flexibility index (Phi) is 7.73. The number of benzene rings is 1. The number of rotatable bonds is 10. The third kappa shape index (κ3) is 6.10. The summed E-state index contributed by atoms with van der Waals surface area (Å²) in [4.78, 5) is 21.9. The maximum Gasteiger partial charge on any atom is 0.251 e. The van der Waals surface area contributed by atoms with Crippen molar-refractivity contribution in [2.24, 2.45) is 5.92 Å². The molecule has 31 heavy (non-hydrogen) atoms. The lowest BCUT2D eigenvalue weighted by atomic mass is 10.2. The number of methoxy groups -OCH3 is 1. The van der Waals surface area contributed by atoms with Gasteiger partial charge in [-0.1, -0.05) is 45.5 Å². The SMILES string of the molecule is COc1cccc(C(=O)NCCn2ncc3c(NCC(C)C)nc(SC(C)C)nc32)c1. The number of fused-ring (bicyclic) bond motifs is 1. The van der Waals surface area contributed by atoms with Crippen molar-refractivity contribution in [2.45, 2.75) is 44.6 Å². The third-order valence-electron chi connectivity index (χ3n) is 4.44. The van der Waals surface area contributed by atoms with Crippen LogP contribution in [0.5, 0.6) is 5.75 Å². The Morgan fingerprint density at radius 3 is 2.74 bits per heavy atom. The van der Waals surface area contributed by atoms with E-state index in [0.29, 0.717) is 35.6 Å². The van der Waals surface area contributed by atoms with Crippen molar-refractivity contribution < 1.29 is 9.53 Å². The second-order valence-corrected chi connectivity index (χ2v) is 9.43. The van der Waals surface area contributed by atoms with Gasteiger partial charge in [0.15, 0.2) is 10.8 Å². The summed E-state index contributed by atoms with van der Waals surface area (Å²) in [6.07, 6.45) is 1.78. The summed E-state index contributed by atoms with van der Waals surface area (Å²) in [6, 6.07) is 7.08. The molecule has 0 saturated heterocycles. The number of aromatic nitrogens is 4. The van der Waals surface area contributed by atoms with Crippen molar-refractivity contribution in [1.29, 1.82) is 0 Å². The van der Waals surface area contributed by atoms with E-state index in [0.717, 1.165) is 28.6 Å². The number of anilines is 1. The third-order valence-corrected chi connectivity index (χ3v) is 5.30. The van der Waals surface area contributed by atoms with Gasteiger partial charge in [0.25, 0.3) is 5.91 Å². The van der Waals surface area contributed by atoms with E-state index in [4.69, 9.17) is 14.7 Å². The molecule has 8 nitrogen and oxygen atoms in total. The Morgan fingerprint density at radius 2 is 2.03 bits per heavy atom. The van der Waals surface area contributed by atoms with E-state index in [9.17, 15) is 4.79 Å². The molecule has 3 aromatic rings. The quantitative estimate of drug-likeness (QED) is 0.364. The molecular formula is C22H30N6O2S. The van der Waals surface area contributed by atoms with Crippen LogP contribution < -0.4 is 15.4 Å². The Labute approximate surface area is 187 Å². The standard InChI is InChI=1S/C22H30N6O2S/c1-14(2)12-24-19-18-13-25-28(20(18)27-22(26-19)31-15(3)4)10-9-23-21(29)16-7-6-8-17(11-16)30-5/h6-8,11,13-15H,9-10,12H2,1-5H3,(H,23,29)(H,24,26,27). The summed E-state index contributed by atoms with van der Waals surface area (Å²) in [5.74, 6) is 1.79. The van der Waals surface area contributed by atoms with Gasteiger partial charge in [-0.3, -0.25) is 4.79 Å². The molecule has 0 radical (unpaired) electrons. The molecule has 0 atom stereocenters. The van der Waals surface area contributed by atoms with Gasteiger partial charge < -0.3 is 15.4 Å². The van der Waals surface area contributed by atoms with Gasteiger partial charge in [-0.05, 0) is 24.1 Å². The number of amides is 1. The highest BCUT2D eigenvalue weighted by Crippen LogP contribution is 2.26. The molecule has 0 bridgehead atoms. The second-order valence-electron chi connectivity index (χ2n) is 7.89. The first-order valence-electron chi connectivity index (χ1n) is 10.4. The van der Waals surface area contributed by atoms with Gasteiger partial charge in [-0.2, -0.15) is 5.10 Å². The smallest absolute Gasteiger partial charge is 0.251 e. The molecule has 0 spiro atoms. The van der Waals surface area contributed by atoms with E-state index in [1.54, 1.807) is 43.3 Å². The predicted octanol–water partition coefficient (Wildman–Crippen LogP) is 3.83. The van der Waals surface area contributed by atoms with Crippen LogP contribution >= 0.6 is 11.8 Å². The highest BCUT2D eigenvalue weighted by molar-refractivity contribution is 7.99. The Balaban J connectivity index is 1.75. The minimum atomic E-state index is -0.152. The van der Waals surface area contributed by atoms with E-state index >= 15 is 0 Å². The maximum absolute atomic E-state index is 12.4. The zero-order valence-corrected chi connectivity index (χ0v) is 19.5. The molecule has 2 aromatic heterocycles. The largest absolute Gasteiger partial charge is 0.497 e. The minimum absolute atomic E-state index is 0.152. The van der Waals surface area contributed by atoms with E-state index in [-0.39, 0.29) is 5.91 Å². The molecule has 0 aliphatic carbocycles. The van der Waals surface area contributed by atoms with Gasteiger partial charge in [0.2, 0.25) is 0 Å². The lowest BCUT2D eigenvalue weighted by molar-refractivity contribution is 0.0951. The van der Waals surface area contributed by atoms with Crippen LogP contribution in [-0.4, -0.2) is 51.1 Å².